The molecule has 0 spiro atoms. The van der Waals surface area contributed by atoms with E-state index in [0.717, 1.165) is 0 Å². The van der Waals surface area contributed by atoms with E-state index in [1.807, 2.05) is 6.92 Å². The summed E-state index contributed by atoms with van der Waals surface area (Å²) in [6, 6.07) is 11.9. The largest absolute Gasteiger partial charge is 0.493 e. The summed E-state index contributed by atoms with van der Waals surface area (Å²) in [6.07, 6.45) is 5.95. The number of nitrogens with one attached hydrogen (secondary N) is 7. The molecular weight excluding hydrogens is 1120 g/mol. The van der Waals surface area contributed by atoms with Crippen LogP contribution >= 0.6 is 15.9 Å². The Morgan fingerprint density at radius 3 is 2.22 bits per heavy atom. The molecule has 1 aliphatic rings. The van der Waals surface area contributed by atoms with Gasteiger partial charge in [0.05, 0.1) is 70.1 Å². The number of ether oxygens (including phenoxy) is 7. The molecule has 27 heteroatoms. The molecule has 1 aliphatic heterocycles. The SMILES string of the molecule is CCCC(NC(=O)CN/C=C(/COc1cc(OC/C(N)=C/NCC(N)=O)cc(C(=O)NCCOCCOCCNC(=O)OC(C)(C)C)c1)N=N)C(=O)N1CCC(COc2cc3ncnc(Nc4ccc(Br)cc4F)c3cc2OC)CC1. The Hall–Kier alpha value is -8.04. The number of likely N-dealkylation sites (tertiary alicyclic amines) is 1. The predicted octanol–water partition coefficient (Wildman–Crippen LogP) is 5.27. The minimum Gasteiger partial charge on any atom is -0.493 e. The summed E-state index contributed by atoms with van der Waals surface area (Å²) in [4.78, 5) is 73.6. The number of fused-ring (bicyclic) bond motifs is 1. The van der Waals surface area contributed by atoms with Crippen LogP contribution in [0.3, 0.4) is 0 Å². The van der Waals surface area contributed by atoms with Crippen molar-refractivity contribution in [2.24, 2.45) is 22.5 Å². The third kappa shape index (κ3) is 22.6. The van der Waals surface area contributed by atoms with Crippen LogP contribution in [0.2, 0.25) is 0 Å². The number of hydrogen-bond donors (Lipinski definition) is 9. The number of halogens is 2. The molecule has 1 unspecified atom stereocenters. The Kier molecular flexibility index (Phi) is 25.9. The van der Waals surface area contributed by atoms with E-state index < -0.39 is 41.3 Å². The lowest BCUT2D eigenvalue weighted by molar-refractivity contribution is -0.137. The molecule has 3 aromatic carbocycles. The lowest BCUT2D eigenvalue weighted by Crippen LogP contribution is -2.52. The molecule has 25 nitrogen and oxygen atoms in total. The molecule has 1 atom stereocenters. The van der Waals surface area contributed by atoms with Gasteiger partial charge in [-0.2, -0.15) is 5.11 Å². The number of carbonyl (C=O) groups is 5. The van der Waals surface area contributed by atoms with Crippen molar-refractivity contribution in [2.75, 3.05) is 97.9 Å². The topological polar surface area (TPSA) is 339 Å². The Bertz CT molecular complexity index is 2830. The molecule has 0 bridgehead atoms. The number of alkyl carbamates (subject to hydrolysis) is 1. The molecule has 0 aliphatic carbocycles. The number of piperidine rings is 1. The molecule has 11 N–H and O–H groups in total. The van der Waals surface area contributed by atoms with Gasteiger partial charge in [0.15, 0.2) is 11.5 Å². The van der Waals surface area contributed by atoms with Gasteiger partial charge in [-0.3, -0.25) is 19.2 Å². The number of rotatable bonds is 33. The minimum absolute atomic E-state index is 0.0890. The van der Waals surface area contributed by atoms with Gasteiger partial charge in [0, 0.05) is 66.1 Å². The fraction of sp³-hybridized carbons (Fsp3) is 0.463. The van der Waals surface area contributed by atoms with Crippen molar-refractivity contribution < 1.29 is 61.5 Å². The van der Waals surface area contributed by atoms with Crippen molar-refractivity contribution in [2.45, 2.75) is 65.0 Å². The van der Waals surface area contributed by atoms with E-state index in [2.05, 4.69) is 62.9 Å². The number of carbonyl (C=O) groups excluding carboxylic acids is 5. The summed E-state index contributed by atoms with van der Waals surface area (Å²) < 4.78 is 55.1. The molecule has 440 valence electrons. The Labute approximate surface area is 477 Å². The number of nitrogens with two attached hydrogens (primary N) is 2. The van der Waals surface area contributed by atoms with E-state index >= 15 is 0 Å². The van der Waals surface area contributed by atoms with Crippen molar-refractivity contribution in [3.8, 4) is 23.0 Å². The maximum atomic E-state index is 14.6. The van der Waals surface area contributed by atoms with Gasteiger partial charge < -0.3 is 81.4 Å². The highest BCUT2D eigenvalue weighted by atomic mass is 79.9. The van der Waals surface area contributed by atoms with Gasteiger partial charge >= 0.3 is 6.09 Å². The predicted molar refractivity (Wildman–Crippen MR) is 301 cm³/mol. The van der Waals surface area contributed by atoms with Gasteiger partial charge in [0.25, 0.3) is 5.91 Å². The maximum absolute atomic E-state index is 14.6. The molecule has 5 rings (SSSR count). The van der Waals surface area contributed by atoms with Crippen molar-refractivity contribution in [1.29, 1.82) is 5.53 Å². The summed E-state index contributed by atoms with van der Waals surface area (Å²) in [7, 11) is 1.53. The normalized spacial score (nSPS) is 13.3. The van der Waals surface area contributed by atoms with Gasteiger partial charge in [-0.1, -0.05) is 29.3 Å². The lowest BCUT2D eigenvalue weighted by Gasteiger charge is -2.34. The monoisotopic (exact) mass is 1190 g/mol. The Balaban J connectivity index is 1.08. The molecule has 1 fully saturated rings. The van der Waals surface area contributed by atoms with Crippen molar-refractivity contribution in [3.63, 3.8) is 0 Å². The third-order valence-electron chi connectivity index (χ3n) is 11.7. The Morgan fingerprint density at radius 2 is 1.57 bits per heavy atom. The molecule has 0 radical (unpaired) electrons. The van der Waals surface area contributed by atoms with E-state index in [4.69, 9.17) is 50.2 Å². The molecule has 5 amide bonds. The molecular formula is C54H73BrFN13O12. The van der Waals surface area contributed by atoms with Crippen LogP contribution in [-0.4, -0.2) is 149 Å². The number of methoxy groups -OCH3 is 1. The second-order valence-corrected chi connectivity index (χ2v) is 20.3. The van der Waals surface area contributed by atoms with Gasteiger partial charge in [-0.05, 0) is 82.3 Å². The van der Waals surface area contributed by atoms with Crippen LogP contribution in [0.25, 0.3) is 10.9 Å². The van der Waals surface area contributed by atoms with E-state index in [0.29, 0.717) is 78.1 Å². The number of hydrogen-bond acceptors (Lipinski definition) is 20. The first-order valence-electron chi connectivity index (χ1n) is 26.2. The van der Waals surface area contributed by atoms with Crippen LogP contribution in [0, 0.1) is 17.3 Å². The van der Waals surface area contributed by atoms with Crippen LogP contribution in [0.1, 0.15) is 63.7 Å². The van der Waals surface area contributed by atoms with E-state index in [1.54, 1.807) is 49.9 Å². The highest BCUT2D eigenvalue weighted by molar-refractivity contribution is 9.10. The second kappa shape index (κ2) is 32.9. The number of anilines is 2. The van der Waals surface area contributed by atoms with Crippen molar-refractivity contribution >= 4 is 68.1 Å². The van der Waals surface area contributed by atoms with Crippen LogP contribution in [-0.2, 0) is 28.6 Å². The number of amides is 5. The fourth-order valence-corrected chi connectivity index (χ4v) is 8.11. The molecule has 1 saturated heterocycles. The fourth-order valence-electron chi connectivity index (χ4n) is 7.78. The molecule has 4 aromatic rings. The van der Waals surface area contributed by atoms with Crippen LogP contribution < -0.4 is 62.3 Å². The average Bonchev–Trinajstić information content (AvgIpc) is 3.43. The Morgan fingerprint density at radius 1 is 0.877 bits per heavy atom. The third-order valence-corrected chi connectivity index (χ3v) is 12.2. The number of primary amides is 1. The summed E-state index contributed by atoms with van der Waals surface area (Å²) in [5, 5.41) is 20.9. The van der Waals surface area contributed by atoms with Gasteiger partial charge in [0.2, 0.25) is 17.7 Å². The van der Waals surface area contributed by atoms with Crippen LogP contribution in [0.5, 0.6) is 23.0 Å². The molecule has 81 heavy (non-hydrogen) atoms. The maximum Gasteiger partial charge on any atom is 0.407 e. The van der Waals surface area contributed by atoms with Crippen LogP contribution in [0.15, 0.2) is 88.2 Å². The molecule has 1 aromatic heterocycles. The summed E-state index contributed by atoms with van der Waals surface area (Å²) in [5.41, 5.74) is 19.6. The number of aromatic nitrogens is 2. The van der Waals surface area contributed by atoms with Gasteiger partial charge in [0.1, 0.15) is 60.0 Å². The average molecular weight is 1200 g/mol. The first kappa shape index (κ1) is 63.8. The highest BCUT2D eigenvalue weighted by Gasteiger charge is 2.29. The summed E-state index contributed by atoms with van der Waals surface area (Å²) >= 11 is 3.27. The van der Waals surface area contributed by atoms with E-state index in [9.17, 15) is 28.4 Å². The molecule has 0 saturated carbocycles. The highest BCUT2D eigenvalue weighted by Crippen LogP contribution is 2.36. The van der Waals surface area contributed by atoms with E-state index in [1.165, 1.54) is 50.1 Å². The summed E-state index contributed by atoms with van der Waals surface area (Å²) in [5.74, 6) is -0.324. The smallest absolute Gasteiger partial charge is 0.407 e. The van der Waals surface area contributed by atoms with E-state index in [-0.39, 0.29) is 112 Å². The zero-order chi connectivity index (χ0) is 58.7. The van der Waals surface area contributed by atoms with Gasteiger partial charge in [-0.15, -0.1) is 0 Å². The lowest BCUT2D eigenvalue weighted by atomic mass is 9.97. The first-order chi connectivity index (χ1) is 38.8. The quantitative estimate of drug-likeness (QED) is 0.0217. The molecule has 2 heterocycles. The zero-order valence-corrected chi connectivity index (χ0v) is 47.7. The standard InChI is InChI=1S/C54H73BrFN13O12/c1-6-7-44(52(73)69-14-10-34(11-15-69)30-80-47-25-45-41(24-46(47)75-5)50(65-33-64-45)67-43-9-8-36(55)22-42(43)56)66-49(71)29-61-27-38(68-59)32-79-40-21-35(20-39(23-40)78-31-37(57)26-60-28-48(58)70)51(72)62-12-16-76-18-19-77-17-13-63-53(74)81-54(2,3)4/h8-9,20-27,33-34,44,59-61H,6-7,10-19,28-32,57H2,1-5H3,(H2,58,70)(H,62,72)(H,63,74)(H,66,71)(H,64,65,67)/b37-26-,38-27-,68-59?. The van der Waals surface area contributed by atoms with Crippen molar-refractivity contribution in [3.05, 3.63) is 94.5 Å². The minimum atomic E-state index is -0.758. The zero-order valence-electron chi connectivity index (χ0n) is 46.1. The summed E-state index contributed by atoms with van der Waals surface area (Å²) in [6.45, 7) is 9.11. The van der Waals surface area contributed by atoms with Crippen LogP contribution in [0.4, 0.5) is 20.7 Å². The number of benzene rings is 3. The second-order valence-electron chi connectivity index (χ2n) is 19.4. The number of nitrogens with zero attached hydrogens (tertiary/aromatic N) is 4. The van der Waals surface area contributed by atoms with Crippen molar-refractivity contribution in [1.82, 2.24) is 41.5 Å². The van der Waals surface area contributed by atoms with Gasteiger partial charge in [-0.25, -0.2) is 24.7 Å². The first-order valence-corrected chi connectivity index (χ1v) is 27.0.